The van der Waals surface area contributed by atoms with Crippen molar-refractivity contribution in [3.8, 4) is 0 Å². The van der Waals surface area contributed by atoms with Crippen molar-refractivity contribution in [1.29, 1.82) is 0 Å². The lowest BCUT2D eigenvalue weighted by Crippen LogP contribution is -2.25. The van der Waals surface area contributed by atoms with Gasteiger partial charge in [0, 0.05) is 12.4 Å². The molecule has 0 atom stereocenters. The summed E-state index contributed by atoms with van der Waals surface area (Å²) in [6.45, 7) is 0.548. The van der Waals surface area contributed by atoms with E-state index < -0.39 is 0 Å². The maximum absolute atomic E-state index is 10.4. The third-order valence-corrected chi connectivity index (χ3v) is 1.24. The molecule has 0 aliphatic heterocycles. The Balaban J connectivity index is 2.99. The van der Waals surface area contributed by atoms with Crippen LogP contribution in [0.2, 0.25) is 0 Å². The second-order valence-corrected chi connectivity index (χ2v) is 2.11. The van der Waals surface area contributed by atoms with Gasteiger partial charge in [-0.25, -0.2) is 0 Å². The van der Waals surface area contributed by atoms with Crippen LogP contribution in [-0.2, 0) is 4.79 Å². The third kappa shape index (κ3) is 4.40. The molecule has 0 heterocycles. The molecule has 0 aromatic rings. The van der Waals surface area contributed by atoms with E-state index in [9.17, 15) is 4.79 Å². The van der Waals surface area contributed by atoms with Crippen molar-refractivity contribution in [3.63, 3.8) is 0 Å². The van der Waals surface area contributed by atoms with Crippen LogP contribution in [0.25, 0.3) is 0 Å². The summed E-state index contributed by atoms with van der Waals surface area (Å²) in [5, 5.41) is 2.92. The number of hydrogen-bond donors (Lipinski definition) is 1. The first-order chi connectivity index (χ1) is 3.81. The van der Waals surface area contributed by atoms with E-state index in [1.54, 1.807) is 0 Å². The number of carbonyl (C=O) groups is 1. The molecule has 0 aliphatic rings. The third-order valence-electron chi connectivity index (χ3n) is 0.538. The fourth-order valence-corrected chi connectivity index (χ4v) is 0.527. The average Bonchev–Trinajstić information content (AvgIpc) is 1.83. The maximum atomic E-state index is 10.4. The van der Waals surface area contributed by atoms with Gasteiger partial charge in [-0.3, -0.25) is 4.79 Å². The molecule has 8 heavy (non-hydrogen) atoms. The van der Waals surface area contributed by atoms with Crippen molar-refractivity contribution in [1.82, 2.24) is 5.32 Å². The second-order valence-electron chi connectivity index (χ2n) is 1.17. The number of halogens is 2. The Morgan fingerprint density at radius 1 is 1.75 bits per heavy atom. The number of carbonyl (C=O) groups excluding carboxylic acids is 1. The maximum Gasteiger partial charge on any atom is 0.230 e. The second kappa shape index (κ2) is 5.38. The van der Waals surface area contributed by atoms with Gasteiger partial charge in [-0.05, 0) is 0 Å². The largest absolute Gasteiger partial charge is 0.354 e. The fourth-order valence-electron chi connectivity index (χ4n) is 0.234. The van der Waals surface area contributed by atoms with Crippen molar-refractivity contribution in [2.24, 2.45) is 0 Å². The summed E-state index contributed by atoms with van der Waals surface area (Å²) in [6.07, 6.45) is 0. The molecule has 1 amide bonds. The highest BCUT2D eigenvalue weighted by Crippen LogP contribution is 1.77. The summed E-state index contributed by atoms with van der Waals surface area (Å²) in [5.74, 6) is 0.448. The first kappa shape index (κ1) is 8.24. The minimum absolute atomic E-state index is 0.0225. The highest BCUT2D eigenvalue weighted by molar-refractivity contribution is 9.09. The van der Waals surface area contributed by atoms with Crippen LogP contribution in [0.3, 0.4) is 0 Å². The standard InChI is InChI=1S/C4H7BrClNO/c5-3-4(8)7-2-1-6/h1-3H2,(H,7,8). The highest BCUT2D eigenvalue weighted by atomic mass is 79.9. The van der Waals surface area contributed by atoms with Gasteiger partial charge in [0.15, 0.2) is 0 Å². The Labute approximate surface area is 61.7 Å². The lowest BCUT2D eigenvalue weighted by Gasteiger charge is -1.95. The lowest BCUT2D eigenvalue weighted by molar-refractivity contribution is -0.118. The Kier molecular flexibility index (Phi) is 5.54. The molecule has 48 valence electrons. The minimum atomic E-state index is -0.0225. The molecule has 0 bridgehead atoms. The van der Waals surface area contributed by atoms with E-state index in [0.29, 0.717) is 17.8 Å². The molecular weight excluding hydrogens is 193 g/mol. The molecule has 0 saturated heterocycles. The van der Waals surface area contributed by atoms with E-state index in [-0.39, 0.29) is 5.91 Å². The Morgan fingerprint density at radius 3 is 2.75 bits per heavy atom. The zero-order valence-corrected chi connectivity index (χ0v) is 6.63. The monoisotopic (exact) mass is 199 g/mol. The molecule has 1 N–H and O–H groups in total. The molecule has 0 radical (unpaired) electrons. The predicted octanol–water partition coefficient (Wildman–Crippen LogP) is 0.736. The number of hydrogen-bond acceptors (Lipinski definition) is 1. The van der Waals surface area contributed by atoms with E-state index in [1.807, 2.05) is 0 Å². The molecule has 0 fully saturated rings. The zero-order chi connectivity index (χ0) is 6.41. The number of rotatable bonds is 3. The van der Waals surface area contributed by atoms with Crippen LogP contribution in [0.4, 0.5) is 0 Å². The first-order valence-electron chi connectivity index (χ1n) is 2.20. The fraction of sp³-hybridized carbons (Fsp3) is 0.750. The van der Waals surface area contributed by atoms with Gasteiger partial charge in [-0.15, -0.1) is 11.6 Å². The van der Waals surface area contributed by atoms with Gasteiger partial charge in [0.2, 0.25) is 5.91 Å². The summed E-state index contributed by atoms with van der Waals surface area (Å²) in [6, 6.07) is 0. The predicted molar refractivity (Wildman–Crippen MR) is 37.5 cm³/mol. The normalized spacial score (nSPS) is 8.75. The molecule has 0 aliphatic carbocycles. The van der Waals surface area contributed by atoms with Crippen LogP contribution in [-0.4, -0.2) is 23.7 Å². The number of amides is 1. The lowest BCUT2D eigenvalue weighted by atomic mass is 10.6. The van der Waals surface area contributed by atoms with Gasteiger partial charge in [0.25, 0.3) is 0 Å². The molecular formula is C4H7BrClNO. The quantitative estimate of drug-likeness (QED) is 0.669. The summed E-state index contributed by atoms with van der Waals surface area (Å²) >= 11 is 8.26. The van der Waals surface area contributed by atoms with Gasteiger partial charge < -0.3 is 5.32 Å². The molecule has 0 rings (SSSR count). The average molecular weight is 200 g/mol. The van der Waals surface area contributed by atoms with Crippen LogP contribution in [0.5, 0.6) is 0 Å². The minimum Gasteiger partial charge on any atom is -0.354 e. The summed E-state index contributed by atoms with van der Waals surface area (Å²) < 4.78 is 0. The van der Waals surface area contributed by atoms with E-state index >= 15 is 0 Å². The van der Waals surface area contributed by atoms with Gasteiger partial charge in [-0.1, -0.05) is 15.9 Å². The Morgan fingerprint density at radius 2 is 2.38 bits per heavy atom. The van der Waals surface area contributed by atoms with E-state index in [2.05, 4.69) is 21.2 Å². The Hall–Kier alpha value is 0.240. The highest BCUT2D eigenvalue weighted by Gasteiger charge is 1.92. The number of nitrogens with one attached hydrogen (secondary N) is 1. The summed E-state index contributed by atoms with van der Waals surface area (Å²) in [5.41, 5.74) is 0. The first-order valence-corrected chi connectivity index (χ1v) is 3.85. The van der Waals surface area contributed by atoms with Crippen LogP contribution in [0, 0.1) is 0 Å². The molecule has 0 aromatic heterocycles. The van der Waals surface area contributed by atoms with Crippen molar-refractivity contribution >= 4 is 33.4 Å². The van der Waals surface area contributed by atoms with Gasteiger partial charge in [0.1, 0.15) is 0 Å². The van der Waals surface area contributed by atoms with Gasteiger partial charge in [0.05, 0.1) is 5.33 Å². The molecule has 4 heteroatoms. The molecule has 0 saturated carbocycles. The van der Waals surface area contributed by atoms with Crippen LogP contribution < -0.4 is 5.32 Å². The van der Waals surface area contributed by atoms with E-state index in [0.717, 1.165) is 0 Å². The molecule has 0 spiro atoms. The van der Waals surface area contributed by atoms with Gasteiger partial charge in [-0.2, -0.15) is 0 Å². The Bertz CT molecular complexity index is 78.4. The summed E-state index contributed by atoms with van der Waals surface area (Å²) in [4.78, 5) is 10.4. The van der Waals surface area contributed by atoms with Gasteiger partial charge >= 0.3 is 0 Å². The SMILES string of the molecule is O=C(CBr)NCCCl. The summed E-state index contributed by atoms with van der Waals surface area (Å²) in [7, 11) is 0. The number of alkyl halides is 2. The molecule has 0 aromatic carbocycles. The van der Waals surface area contributed by atoms with Crippen LogP contribution >= 0.6 is 27.5 Å². The molecule has 0 unspecified atom stereocenters. The van der Waals surface area contributed by atoms with Crippen LogP contribution in [0.15, 0.2) is 0 Å². The zero-order valence-electron chi connectivity index (χ0n) is 4.29. The smallest absolute Gasteiger partial charge is 0.230 e. The van der Waals surface area contributed by atoms with E-state index in [4.69, 9.17) is 11.6 Å². The van der Waals surface area contributed by atoms with Crippen molar-refractivity contribution in [3.05, 3.63) is 0 Å². The molecule has 2 nitrogen and oxygen atoms in total. The topological polar surface area (TPSA) is 29.1 Å². The van der Waals surface area contributed by atoms with E-state index in [1.165, 1.54) is 0 Å². The van der Waals surface area contributed by atoms with Crippen LogP contribution in [0.1, 0.15) is 0 Å². The van der Waals surface area contributed by atoms with Crippen molar-refractivity contribution in [2.75, 3.05) is 17.8 Å². The van der Waals surface area contributed by atoms with Crippen molar-refractivity contribution in [2.45, 2.75) is 0 Å². The van der Waals surface area contributed by atoms with Crippen molar-refractivity contribution < 1.29 is 4.79 Å².